The third-order valence-electron chi connectivity index (χ3n) is 3.71. The molecule has 0 spiro atoms. The molecule has 0 unspecified atom stereocenters. The van der Waals surface area contributed by atoms with Crippen LogP contribution in [0.5, 0.6) is 0 Å². The van der Waals surface area contributed by atoms with Crippen molar-refractivity contribution in [2.45, 2.75) is 37.9 Å². The van der Waals surface area contributed by atoms with Gasteiger partial charge in [-0.1, -0.05) is 5.16 Å². The molecule has 1 saturated carbocycles. The van der Waals surface area contributed by atoms with Crippen LogP contribution in [0.1, 0.15) is 33.1 Å². The van der Waals surface area contributed by atoms with Crippen molar-refractivity contribution in [2.24, 2.45) is 16.3 Å². The zero-order chi connectivity index (χ0) is 12.5. The molecule has 1 aliphatic heterocycles. The van der Waals surface area contributed by atoms with Crippen LogP contribution in [-0.4, -0.2) is 46.1 Å². The number of nitrogens with zero attached hydrogens (tertiary/aromatic N) is 2. The molecular formula is C12H23N3OS. The lowest BCUT2D eigenvalue weighted by Crippen LogP contribution is -2.45. The number of hydrogen-bond acceptors (Lipinski definition) is 4. The lowest BCUT2D eigenvalue weighted by molar-refractivity contribution is 0.211. The van der Waals surface area contributed by atoms with E-state index in [-0.39, 0.29) is 0 Å². The van der Waals surface area contributed by atoms with Gasteiger partial charge in [-0.3, -0.25) is 0 Å². The zero-order valence-corrected chi connectivity index (χ0v) is 11.6. The largest absolute Gasteiger partial charge is 0.409 e. The average molecular weight is 257 g/mol. The molecule has 2 aliphatic rings. The molecule has 2 fully saturated rings. The fraction of sp³-hybridized carbons (Fsp3) is 0.917. The second-order valence-electron chi connectivity index (χ2n) is 6.09. The summed E-state index contributed by atoms with van der Waals surface area (Å²) in [7, 11) is 0. The van der Waals surface area contributed by atoms with Gasteiger partial charge in [-0.2, -0.15) is 11.8 Å². The van der Waals surface area contributed by atoms with Gasteiger partial charge in [0.15, 0.2) is 0 Å². The van der Waals surface area contributed by atoms with Crippen molar-refractivity contribution >= 4 is 17.6 Å². The molecule has 0 atom stereocenters. The minimum atomic E-state index is 0.300. The Morgan fingerprint density at radius 3 is 2.71 bits per heavy atom. The fourth-order valence-corrected chi connectivity index (χ4v) is 3.89. The first kappa shape index (κ1) is 13.0. The van der Waals surface area contributed by atoms with Gasteiger partial charge in [-0.05, 0) is 32.1 Å². The van der Waals surface area contributed by atoms with E-state index < -0.39 is 0 Å². The Labute approximate surface area is 108 Å². The summed E-state index contributed by atoms with van der Waals surface area (Å²) in [6, 6.07) is 0. The Balaban J connectivity index is 1.88. The molecule has 1 heterocycles. The molecule has 98 valence electrons. The summed E-state index contributed by atoms with van der Waals surface area (Å²) in [5, 5.41) is 11.8. The highest BCUT2D eigenvalue weighted by Gasteiger charge is 2.45. The molecule has 17 heavy (non-hydrogen) atoms. The van der Waals surface area contributed by atoms with Crippen LogP contribution in [0.15, 0.2) is 5.16 Å². The van der Waals surface area contributed by atoms with Crippen molar-refractivity contribution in [3.05, 3.63) is 0 Å². The van der Waals surface area contributed by atoms with Crippen molar-refractivity contribution in [3.63, 3.8) is 0 Å². The summed E-state index contributed by atoms with van der Waals surface area (Å²) < 4.78 is 0.366. The van der Waals surface area contributed by atoms with Crippen molar-refractivity contribution < 1.29 is 5.21 Å². The Morgan fingerprint density at radius 2 is 2.18 bits per heavy atom. The number of hydrogen-bond donors (Lipinski definition) is 2. The molecular weight excluding hydrogens is 234 g/mol. The minimum absolute atomic E-state index is 0.300. The molecule has 0 amide bonds. The first-order valence-corrected chi connectivity index (χ1v) is 7.26. The van der Waals surface area contributed by atoms with Gasteiger partial charge in [0.1, 0.15) is 5.84 Å². The first-order chi connectivity index (χ1) is 7.95. The Hall–Kier alpha value is -0.420. The predicted molar refractivity (Wildman–Crippen MR) is 72.7 cm³/mol. The Bertz CT molecular complexity index is 313. The molecule has 3 N–H and O–H groups in total. The van der Waals surface area contributed by atoms with E-state index in [0.29, 0.717) is 16.0 Å². The molecule has 0 radical (unpaired) electrons. The molecule has 0 aromatic rings. The van der Waals surface area contributed by atoms with Crippen LogP contribution in [-0.2, 0) is 0 Å². The summed E-state index contributed by atoms with van der Waals surface area (Å²) in [4.78, 5) is 2.55. The SMILES string of the molecule is CC1(C)CN(CC2(CC(N)=NO)CC2)CCS1. The van der Waals surface area contributed by atoms with E-state index in [4.69, 9.17) is 10.9 Å². The number of oxime groups is 1. The lowest BCUT2D eigenvalue weighted by Gasteiger charge is -2.39. The smallest absolute Gasteiger partial charge is 0.139 e. The van der Waals surface area contributed by atoms with Gasteiger partial charge in [-0.15, -0.1) is 0 Å². The normalized spacial score (nSPS) is 28.0. The highest BCUT2D eigenvalue weighted by molar-refractivity contribution is 8.00. The Kier molecular flexibility index (Phi) is 3.59. The number of thioether (sulfide) groups is 1. The van der Waals surface area contributed by atoms with E-state index in [1.54, 1.807) is 0 Å². The van der Waals surface area contributed by atoms with Crippen LogP contribution in [0.2, 0.25) is 0 Å². The molecule has 0 aromatic heterocycles. The van der Waals surface area contributed by atoms with Crippen LogP contribution in [0.3, 0.4) is 0 Å². The van der Waals surface area contributed by atoms with Crippen LogP contribution < -0.4 is 5.73 Å². The van der Waals surface area contributed by atoms with E-state index in [1.165, 1.54) is 25.1 Å². The van der Waals surface area contributed by atoms with Crippen molar-refractivity contribution in [1.29, 1.82) is 0 Å². The van der Waals surface area contributed by atoms with E-state index in [1.807, 2.05) is 0 Å². The maximum Gasteiger partial charge on any atom is 0.139 e. The maximum atomic E-state index is 8.66. The van der Waals surface area contributed by atoms with Gasteiger partial charge in [0.25, 0.3) is 0 Å². The third kappa shape index (κ3) is 3.52. The Morgan fingerprint density at radius 1 is 1.47 bits per heavy atom. The molecule has 5 heteroatoms. The van der Waals surface area contributed by atoms with Gasteiger partial charge in [0, 0.05) is 36.6 Å². The van der Waals surface area contributed by atoms with E-state index in [0.717, 1.165) is 19.5 Å². The van der Waals surface area contributed by atoms with E-state index >= 15 is 0 Å². The summed E-state index contributed by atoms with van der Waals surface area (Å²) in [6.45, 7) is 8.05. The first-order valence-electron chi connectivity index (χ1n) is 6.28. The monoisotopic (exact) mass is 257 g/mol. The highest BCUT2D eigenvalue weighted by atomic mass is 32.2. The molecule has 1 saturated heterocycles. The molecule has 2 rings (SSSR count). The fourth-order valence-electron chi connectivity index (χ4n) is 2.71. The average Bonchev–Trinajstić information content (AvgIpc) is 2.96. The summed E-state index contributed by atoms with van der Waals surface area (Å²) in [5.41, 5.74) is 5.93. The van der Waals surface area contributed by atoms with Gasteiger partial charge in [-0.25, -0.2) is 0 Å². The second-order valence-corrected chi connectivity index (χ2v) is 7.89. The second kappa shape index (κ2) is 4.69. The van der Waals surface area contributed by atoms with Crippen molar-refractivity contribution in [2.75, 3.05) is 25.4 Å². The van der Waals surface area contributed by atoms with Crippen molar-refractivity contribution in [1.82, 2.24) is 4.90 Å². The van der Waals surface area contributed by atoms with Crippen LogP contribution >= 0.6 is 11.8 Å². The van der Waals surface area contributed by atoms with Gasteiger partial charge in [0.05, 0.1) is 0 Å². The maximum absolute atomic E-state index is 8.66. The van der Waals surface area contributed by atoms with Gasteiger partial charge in [0.2, 0.25) is 0 Å². The van der Waals surface area contributed by atoms with Crippen LogP contribution in [0.25, 0.3) is 0 Å². The van der Waals surface area contributed by atoms with Gasteiger partial charge < -0.3 is 15.8 Å². The molecule has 0 bridgehead atoms. The minimum Gasteiger partial charge on any atom is -0.409 e. The van der Waals surface area contributed by atoms with E-state index in [9.17, 15) is 0 Å². The van der Waals surface area contributed by atoms with Gasteiger partial charge >= 0.3 is 0 Å². The van der Waals surface area contributed by atoms with Crippen LogP contribution in [0, 0.1) is 5.41 Å². The van der Waals surface area contributed by atoms with Crippen molar-refractivity contribution in [3.8, 4) is 0 Å². The molecule has 0 aromatic carbocycles. The number of amidine groups is 1. The lowest BCUT2D eigenvalue weighted by atomic mass is 10.00. The molecule has 4 nitrogen and oxygen atoms in total. The van der Waals surface area contributed by atoms with Crippen LogP contribution in [0.4, 0.5) is 0 Å². The quantitative estimate of drug-likeness (QED) is 0.348. The number of nitrogens with two attached hydrogens (primary N) is 1. The third-order valence-corrected chi connectivity index (χ3v) is 5.00. The zero-order valence-electron chi connectivity index (χ0n) is 10.8. The summed E-state index contributed by atoms with van der Waals surface area (Å²) in [5.74, 6) is 1.60. The molecule has 1 aliphatic carbocycles. The predicted octanol–water partition coefficient (Wildman–Crippen LogP) is 1.73. The standard InChI is InChI=1S/C12H23N3OS/c1-11(2)8-15(5-6-17-11)9-12(3-4-12)7-10(13)14-16/h16H,3-9H2,1-2H3,(H2,13,14). The van der Waals surface area contributed by atoms with E-state index in [2.05, 4.69) is 35.7 Å². The number of rotatable bonds is 4. The summed E-state index contributed by atoms with van der Waals surface area (Å²) in [6.07, 6.45) is 3.17. The highest BCUT2D eigenvalue weighted by Crippen LogP contribution is 2.50. The summed E-state index contributed by atoms with van der Waals surface area (Å²) >= 11 is 2.06. The topological polar surface area (TPSA) is 61.8 Å².